The van der Waals surface area contributed by atoms with Gasteiger partial charge in [-0.15, -0.1) is 0 Å². The first-order chi connectivity index (χ1) is 9.19. The van der Waals surface area contributed by atoms with E-state index < -0.39 is 0 Å². The van der Waals surface area contributed by atoms with Crippen molar-refractivity contribution in [3.05, 3.63) is 28.7 Å². The lowest BCUT2D eigenvalue weighted by molar-refractivity contribution is 0.244. The zero-order chi connectivity index (χ0) is 13.7. The van der Waals surface area contributed by atoms with Crippen LogP contribution in [0.3, 0.4) is 0 Å². The van der Waals surface area contributed by atoms with E-state index in [4.69, 9.17) is 0 Å². The quantitative estimate of drug-likeness (QED) is 0.879. The van der Waals surface area contributed by atoms with Crippen LogP contribution in [0.4, 0.5) is 10.5 Å². The molecule has 0 unspecified atom stereocenters. The average molecular weight is 263 g/mol. The number of aryl methyl sites for hydroxylation is 1. The molecule has 0 spiro atoms. The number of carbonyl (C=O) groups excluding carboxylic acids is 1. The Morgan fingerprint density at radius 2 is 2.11 bits per heavy atom. The maximum absolute atomic E-state index is 11.9. The van der Waals surface area contributed by atoms with E-state index in [1.165, 1.54) is 25.3 Å². The summed E-state index contributed by atoms with van der Waals surface area (Å²) < 4.78 is 1.86. The van der Waals surface area contributed by atoms with Crippen molar-refractivity contribution in [2.45, 2.75) is 51.6 Å². The molecule has 2 N–H and O–H groups in total. The fourth-order valence-electron chi connectivity index (χ4n) is 2.41. The van der Waals surface area contributed by atoms with Gasteiger partial charge in [0.05, 0.1) is 0 Å². The molecule has 0 saturated heterocycles. The highest BCUT2D eigenvalue weighted by Crippen LogP contribution is 2.17. The third kappa shape index (κ3) is 3.84. The van der Waals surface area contributed by atoms with Crippen molar-refractivity contribution in [2.24, 2.45) is 0 Å². The maximum atomic E-state index is 11.9. The van der Waals surface area contributed by atoms with Crippen molar-refractivity contribution in [3.8, 4) is 0 Å². The summed E-state index contributed by atoms with van der Waals surface area (Å²) in [5, 5.41) is 5.58. The summed E-state index contributed by atoms with van der Waals surface area (Å²) in [6.45, 7) is 2.75. The van der Waals surface area contributed by atoms with E-state index in [0.29, 0.717) is 5.69 Å². The summed E-state index contributed by atoms with van der Waals surface area (Å²) in [6, 6.07) is 1.43. The van der Waals surface area contributed by atoms with Gasteiger partial charge in [-0.1, -0.05) is 19.3 Å². The van der Waals surface area contributed by atoms with Crippen molar-refractivity contribution < 1.29 is 4.79 Å². The van der Waals surface area contributed by atoms with E-state index in [0.717, 1.165) is 19.4 Å². The predicted octanol–water partition coefficient (Wildman–Crippen LogP) is 2.32. The van der Waals surface area contributed by atoms with Gasteiger partial charge in [-0.3, -0.25) is 4.79 Å². The second-order valence-electron chi connectivity index (χ2n) is 4.99. The van der Waals surface area contributed by atoms with E-state index in [-0.39, 0.29) is 17.5 Å². The standard InChI is InChI=1S/C14H21N3O2/c1-2-17-9-8-13(18)12(10-17)16-14(19)15-11-6-4-3-5-7-11/h8-11H,2-7H2,1H3,(H2,15,16,19). The van der Waals surface area contributed by atoms with Gasteiger partial charge < -0.3 is 15.2 Å². The largest absolute Gasteiger partial charge is 0.352 e. The van der Waals surface area contributed by atoms with Gasteiger partial charge in [0.25, 0.3) is 0 Å². The van der Waals surface area contributed by atoms with Crippen molar-refractivity contribution in [2.75, 3.05) is 5.32 Å². The van der Waals surface area contributed by atoms with Crippen LogP contribution in [0.15, 0.2) is 23.3 Å². The first-order valence-electron chi connectivity index (χ1n) is 6.96. The average Bonchev–Trinajstić information content (AvgIpc) is 2.42. The van der Waals surface area contributed by atoms with Crippen LogP contribution < -0.4 is 16.1 Å². The van der Waals surface area contributed by atoms with Gasteiger partial charge in [-0.2, -0.15) is 0 Å². The van der Waals surface area contributed by atoms with Crippen LogP contribution in [0, 0.1) is 0 Å². The second kappa shape index (κ2) is 6.41. The molecule has 1 aliphatic rings. The van der Waals surface area contributed by atoms with Crippen molar-refractivity contribution >= 4 is 11.7 Å². The number of anilines is 1. The molecule has 0 aromatic carbocycles. The molecule has 0 aliphatic heterocycles. The first-order valence-corrected chi connectivity index (χ1v) is 6.96. The number of nitrogens with one attached hydrogen (secondary N) is 2. The molecule has 0 radical (unpaired) electrons. The van der Waals surface area contributed by atoms with Crippen LogP contribution in [0.25, 0.3) is 0 Å². The van der Waals surface area contributed by atoms with Crippen molar-refractivity contribution in [1.82, 2.24) is 9.88 Å². The molecule has 19 heavy (non-hydrogen) atoms. The van der Waals surface area contributed by atoms with Crippen molar-refractivity contribution in [1.29, 1.82) is 0 Å². The van der Waals surface area contributed by atoms with E-state index >= 15 is 0 Å². The number of urea groups is 1. The Labute approximate surface area is 113 Å². The predicted molar refractivity (Wildman–Crippen MR) is 75.4 cm³/mol. The van der Waals surface area contributed by atoms with Crippen LogP contribution in [0.5, 0.6) is 0 Å². The van der Waals surface area contributed by atoms with E-state index in [1.807, 2.05) is 11.5 Å². The molecule has 1 aromatic heterocycles. The third-order valence-corrected chi connectivity index (χ3v) is 3.53. The summed E-state index contributed by atoms with van der Waals surface area (Å²) in [5.74, 6) is 0. The highest BCUT2D eigenvalue weighted by molar-refractivity contribution is 5.89. The Bertz CT molecular complexity index is 490. The summed E-state index contributed by atoms with van der Waals surface area (Å²) in [6.07, 6.45) is 9.02. The Morgan fingerprint density at radius 3 is 2.79 bits per heavy atom. The fraction of sp³-hybridized carbons (Fsp3) is 0.571. The lowest BCUT2D eigenvalue weighted by atomic mass is 9.96. The summed E-state index contributed by atoms with van der Waals surface area (Å²) in [7, 11) is 0. The molecule has 1 aromatic rings. The molecular formula is C14H21N3O2. The summed E-state index contributed by atoms with van der Waals surface area (Å²) >= 11 is 0. The van der Waals surface area contributed by atoms with Crippen LogP contribution in [0.1, 0.15) is 39.0 Å². The lowest BCUT2D eigenvalue weighted by Crippen LogP contribution is -2.39. The molecule has 5 heteroatoms. The number of hydrogen-bond acceptors (Lipinski definition) is 2. The number of hydrogen-bond donors (Lipinski definition) is 2. The SMILES string of the molecule is CCn1ccc(=O)c(NC(=O)NC2CCCCC2)c1. The van der Waals surface area contributed by atoms with Gasteiger partial charge in [0.2, 0.25) is 5.43 Å². The lowest BCUT2D eigenvalue weighted by Gasteiger charge is -2.22. The molecule has 0 atom stereocenters. The fourth-order valence-corrected chi connectivity index (χ4v) is 2.41. The maximum Gasteiger partial charge on any atom is 0.319 e. The molecule has 1 aliphatic carbocycles. The van der Waals surface area contributed by atoms with Crippen LogP contribution >= 0.6 is 0 Å². The molecular weight excluding hydrogens is 242 g/mol. The first kappa shape index (κ1) is 13.6. The highest BCUT2D eigenvalue weighted by Gasteiger charge is 2.16. The van der Waals surface area contributed by atoms with E-state index in [2.05, 4.69) is 10.6 Å². The molecule has 1 fully saturated rings. The zero-order valence-corrected chi connectivity index (χ0v) is 11.3. The van der Waals surface area contributed by atoms with Gasteiger partial charge in [-0.05, 0) is 19.8 Å². The Kier molecular flexibility index (Phi) is 4.60. The minimum Gasteiger partial charge on any atom is -0.352 e. The smallest absolute Gasteiger partial charge is 0.319 e. The second-order valence-corrected chi connectivity index (χ2v) is 4.99. The molecule has 1 saturated carbocycles. The zero-order valence-electron chi connectivity index (χ0n) is 11.3. The van der Waals surface area contributed by atoms with Gasteiger partial charge in [-0.25, -0.2) is 4.79 Å². The Morgan fingerprint density at radius 1 is 1.37 bits per heavy atom. The van der Waals surface area contributed by atoms with Gasteiger partial charge in [0.15, 0.2) is 0 Å². The number of carbonyl (C=O) groups is 1. The molecule has 1 heterocycles. The van der Waals surface area contributed by atoms with Gasteiger partial charge >= 0.3 is 6.03 Å². The van der Waals surface area contributed by atoms with E-state index in [9.17, 15) is 9.59 Å². The number of pyridine rings is 1. The number of nitrogens with zero attached hydrogens (tertiary/aromatic N) is 1. The van der Waals surface area contributed by atoms with Gasteiger partial charge in [0.1, 0.15) is 5.69 Å². The Hall–Kier alpha value is -1.78. The molecule has 2 amide bonds. The van der Waals surface area contributed by atoms with Crippen LogP contribution in [0.2, 0.25) is 0 Å². The summed E-state index contributed by atoms with van der Waals surface area (Å²) in [5.41, 5.74) is 0.168. The van der Waals surface area contributed by atoms with Gasteiger partial charge in [0, 0.05) is 31.0 Å². The van der Waals surface area contributed by atoms with Crippen LogP contribution in [-0.2, 0) is 6.54 Å². The third-order valence-electron chi connectivity index (χ3n) is 3.53. The highest BCUT2D eigenvalue weighted by atomic mass is 16.2. The summed E-state index contributed by atoms with van der Waals surface area (Å²) in [4.78, 5) is 23.5. The number of amides is 2. The number of rotatable bonds is 3. The normalized spacial score (nSPS) is 16.1. The van der Waals surface area contributed by atoms with E-state index in [1.54, 1.807) is 12.4 Å². The minimum atomic E-state index is -0.280. The minimum absolute atomic E-state index is 0.163. The molecule has 104 valence electrons. The van der Waals surface area contributed by atoms with Crippen molar-refractivity contribution in [3.63, 3.8) is 0 Å². The molecule has 0 bridgehead atoms. The number of aromatic nitrogens is 1. The molecule has 2 rings (SSSR count). The monoisotopic (exact) mass is 263 g/mol. The topological polar surface area (TPSA) is 63.1 Å². The Balaban J connectivity index is 1.96. The molecule has 5 nitrogen and oxygen atoms in total. The van der Waals surface area contributed by atoms with Crippen LogP contribution in [-0.4, -0.2) is 16.6 Å².